The van der Waals surface area contributed by atoms with E-state index in [1.807, 2.05) is 12.1 Å². The first-order valence-corrected chi connectivity index (χ1v) is 10.5. The average Bonchev–Trinajstić information content (AvgIpc) is 3.17. The molecule has 1 aliphatic heterocycles. The number of methoxy groups -OCH3 is 1. The zero-order valence-corrected chi connectivity index (χ0v) is 16.5. The van der Waals surface area contributed by atoms with E-state index in [0.29, 0.717) is 6.42 Å². The van der Waals surface area contributed by atoms with Gasteiger partial charge in [-0.15, -0.1) is 11.3 Å². The summed E-state index contributed by atoms with van der Waals surface area (Å²) >= 11 is 1.62. The van der Waals surface area contributed by atoms with Crippen molar-refractivity contribution in [3.8, 4) is 5.75 Å². The number of rotatable bonds is 6. The summed E-state index contributed by atoms with van der Waals surface area (Å²) in [5.41, 5.74) is 3.46. The molecule has 1 fully saturated rings. The highest BCUT2D eigenvalue weighted by Crippen LogP contribution is 2.35. The van der Waals surface area contributed by atoms with E-state index in [1.165, 1.54) is 30.5 Å². The number of benzene rings is 2. The molecule has 1 N–H and O–H groups in total. The first kappa shape index (κ1) is 18.3. The highest BCUT2D eigenvalue weighted by molar-refractivity contribution is 7.18. The molecule has 142 valence electrons. The lowest BCUT2D eigenvalue weighted by atomic mass is 10.1. The molecule has 0 amide bonds. The third kappa shape index (κ3) is 4.09. The Bertz CT molecular complexity index is 885. The number of aryl methyl sites for hydroxylation is 1. The fraction of sp³-hybridized carbons (Fsp3) is 0.409. The van der Waals surface area contributed by atoms with Crippen molar-refractivity contribution in [2.45, 2.75) is 38.2 Å². The third-order valence-corrected chi connectivity index (χ3v) is 6.38. The number of ether oxygens (including phenoxy) is 1. The van der Waals surface area contributed by atoms with Crippen molar-refractivity contribution >= 4 is 27.2 Å². The van der Waals surface area contributed by atoms with Gasteiger partial charge in [0.15, 0.2) is 0 Å². The number of aliphatic hydroxyl groups is 1. The Hall–Kier alpha value is -2.11. The van der Waals surface area contributed by atoms with Gasteiger partial charge in [0.25, 0.3) is 0 Å². The van der Waals surface area contributed by atoms with Crippen molar-refractivity contribution in [2.24, 2.45) is 0 Å². The number of hydrogen-bond acceptors (Lipinski definition) is 5. The largest absolute Gasteiger partial charge is 0.497 e. The lowest BCUT2D eigenvalue weighted by Gasteiger charge is -2.28. The molecule has 1 atom stereocenters. The fourth-order valence-corrected chi connectivity index (χ4v) is 4.71. The van der Waals surface area contributed by atoms with Gasteiger partial charge in [-0.3, -0.25) is 0 Å². The first-order chi connectivity index (χ1) is 13.2. The number of thiazole rings is 1. The minimum atomic E-state index is -0.529. The molecule has 0 spiro atoms. The van der Waals surface area contributed by atoms with Crippen LogP contribution in [0.4, 0.5) is 5.69 Å². The zero-order chi connectivity index (χ0) is 18.6. The molecule has 4 nitrogen and oxygen atoms in total. The number of aliphatic hydroxyl groups excluding tert-OH is 1. The van der Waals surface area contributed by atoms with E-state index in [4.69, 9.17) is 9.72 Å². The molecule has 1 saturated heterocycles. The summed E-state index contributed by atoms with van der Waals surface area (Å²) in [6.07, 6.45) is 4.78. The highest BCUT2D eigenvalue weighted by atomic mass is 32.1. The monoisotopic (exact) mass is 382 g/mol. The topological polar surface area (TPSA) is 45.6 Å². The van der Waals surface area contributed by atoms with E-state index in [0.717, 1.165) is 40.5 Å². The summed E-state index contributed by atoms with van der Waals surface area (Å²) in [7, 11) is 1.67. The summed E-state index contributed by atoms with van der Waals surface area (Å²) in [6.45, 7) is 2.21. The maximum Gasteiger partial charge on any atom is 0.123 e. The molecule has 0 saturated carbocycles. The van der Waals surface area contributed by atoms with Gasteiger partial charge in [0, 0.05) is 13.1 Å². The maximum absolute atomic E-state index is 10.7. The van der Waals surface area contributed by atoms with E-state index in [9.17, 15) is 5.11 Å². The Labute approximate surface area is 164 Å². The molecule has 5 heteroatoms. The van der Waals surface area contributed by atoms with Gasteiger partial charge in [-0.05, 0) is 61.9 Å². The van der Waals surface area contributed by atoms with E-state index in [2.05, 4.69) is 35.2 Å². The van der Waals surface area contributed by atoms with E-state index < -0.39 is 6.10 Å². The Morgan fingerprint density at radius 1 is 1.11 bits per heavy atom. The lowest BCUT2D eigenvalue weighted by Crippen LogP contribution is -2.29. The predicted molar refractivity (Wildman–Crippen MR) is 112 cm³/mol. The molecule has 0 radical (unpaired) electrons. The van der Waals surface area contributed by atoms with Gasteiger partial charge in [-0.25, -0.2) is 4.98 Å². The van der Waals surface area contributed by atoms with E-state index in [-0.39, 0.29) is 0 Å². The molecule has 4 rings (SSSR count). The summed E-state index contributed by atoms with van der Waals surface area (Å²) in [6, 6.07) is 14.4. The molecule has 27 heavy (non-hydrogen) atoms. The number of anilines is 1. The van der Waals surface area contributed by atoms with Gasteiger partial charge in [-0.1, -0.05) is 18.2 Å². The predicted octanol–water partition coefficient (Wildman–Crippen LogP) is 4.96. The Balaban J connectivity index is 1.49. The van der Waals surface area contributed by atoms with Gasteiger partial charge in [0.2, 0.25) is 0 Å². The molecular formula is C22H26N2O2S. The van der Waals surface area contributed by atoms with Crippen molar-refractivity contribution in [2.75, 3.05) is 25.1 Å². The molecule has 2 aromatic carbocycles. The Morgan fingerprint density at radius 3 is 2.63 bits per heavy atom. The summed E-state index contributed by atoms with van der Waals surface area (Å²) in [5, 5.41) is 11.5. The molecule has 1 aromatic heterocycles. The van der Waals surface area contributed by atoms with Crippen molar-refractivity contribution in [3.05, 3.63) is 53.0 Å². The number of para-hydroxylation sites is 1. The normalized spacial score (nSPS) is 15.9. The van der Waals surface area contributed by atoms with Crippen molar-refractivity contribution in [1.29, 1.82) is 0 Å². The van der Waals surface area contributed by atoms with Gasteiger partial charge >= 0.3 is 0 Å². The Kier molecular flexibility index (Phi) is 5.60. The second kappa shape index (κ2) is 8.28. The molecule has 2 heterocycles. The number of piperidine rings is 1. The zero-order valence-electron chi connectivity index (χ0n) is 15.7. The van der Waals surface area contributed by atoms with Crippen LogP contribution in [0.15, 0.2) is 42.5 Å². The third-order valence-electron chi connectivity index (χ3n) is 5.26. The first-order valence-electron chi connectivity index (χ1n) is 9.70. The van der Waals surface area contributed by atoms with Crippen LogP contribution in [-0.2, 0) is 6.42 Å². The summed E-state index contributed by atoms with van der Waals surface area (Å²) < 4.78 is 6.36. The van der Waals surface area contributed by atoms with E-state index in [1.54, 1.807) is 18.4 Å². The second-order valence-electron chi connectivity index (χ2n) is 7.13. The van der Waals surface area contributed by atoms with Crippen LogP contribution in [0, 0.1) is 0 Å². The SMILES string of the molecule is COc1ccc(CCC(O)c2nc3c(N4CCCCC4)cccc3s2)cc1. The lowest BCUT2D eigenvalue weighted by molar-refractivity contribution is 0.167. The molecule has 1 unspecified atom stereocenters. The van der Waals surface area contributed by atoms with Crippen LogP contribution < -0.4 is 9.64 Å². The molecular weight excluding hydrogens is 356 g/mol. The van der Waals surface area contributed by atoms with Crippen molar-refractivity contribution < 1.29 is 9.84 Å². The van der Waals surface area contributed by atoms with Crippen molar-refractivity contribution in [1.82, 2.24) is 4.98 Å². The minimum absolute atomic E-state index is 0.529. The van der Waals surface area contributed by atoms with Crippen LogP contribution in [0.5, 0.6) is 5.75 Å². The van der Waals surface area contributed by atoms with Crippen LogP contribution in [-0.4, -0.2) is 30.3 Å². The Morgan fingerprint density at radius 2 is 1.89 bits per heavy atom. The average molecular weight is 383 g/mol. The summed E-state index contributed by atoms with van der Waals surface area (Å²) in [5.74, 6) is 0.857. The summed E-state index contributed by atoms with van der Waals surface area (Å²) in [4.78, 5) is 7.28. The van der Waals surface area contributed by atoms with Crippen LogP contribution in [0.2, 0.25) is 0 Å². The number of nitrogens with zero attached hydrogens (tertiary/aromatic N) is 2. The van der Waals surface area contributed by atoms with Gasteiger partial charge in [0.05, 0.1) is 17.5 Å². The van der Waals surface area contributed by atoms with E-state index >= 15 is 0 Å². The minimum Gasteiger partial charge on any atom is -0.497 e. The van der Waals surface area contributed by atoms with Gasteiger partial charge in [0.1, 0.15) is 22.4 Å². The number of fused-ring (bicyclic) bond motifs is 1. The maximum atomic E-state index is 10.7. The van der Waals surface area contributed by atoms with Crippen LogP contribution in [0.25, 0.3) is 10.2 Å². The van der Waals surface area contributed by atoms with Gasteiger partial charge in [-0.2, -0.15) is 0 Å². The van der Waals surface area contributed by atoms with Crippen LogP contribution >= 0.6 is 11.3 Å². The van der Waals surface area contributed by atoms with Crippen LogP contribution in [0.1, 0.15) is 42.4 Å². The smallest absolute Gasteiger partial charge is 0.123 e. The second-order valence-corrected chi connectivity index (χ2v) is 8.19. The number of aromatic nitrogens is 1. The number of hydrogen-bond donors (Lipinski definition) is 1. The fourth-order valence-electron chi connectivity index (χ4n) is 3.70. The quantitative estimate of drug-likeness (QED) is 0.654. The highest BCUT2D eigenvalue weighted by Gasteiger charge is 2.19. The van der Waals surface area contributed by atoms with Crippen molar-refractivity contribution in [3.63, 3.8) is 0 Å². The molecule has 0 bridgehead atoms. The van der Waals surface area contributed by atoms with Crippen LogP contribution in [0.3, 0.4) is 0 Å². The molecule has 3 aromatic rings. The standard InChI is InChI=1S/C22H26N2O2S/c1-26-17-11-8-16(9-12-17)10-13-19(25)22-23-21-18(6-5-7-20(21)27-22)24-14-3-2-4-15-24/h5-9,11-12,19,25H,2-4,10,13-15H2,1H3. The molecule has 1 aliphatic rings. The van der Waals surface area contributed by atoms with Gasteiger partial charge < -0.3 is 14.7 Å². The molecule has 0 aliphatic carbocycles.